The normalized spacial score (nSPS) is 13.2. The van der Waals surface area contributed by atoms with Gasteiger partial charge in [-0.1, -0.05) is 18.2 Å². The summed E-state index contributed by atoms with van der Waals surface area (Å²) in [6.45, 7) is 0.836. The molecule has 1 aromatic heterocycles. The number of aryl methyl sites for hydroxylation is 1. The van der Waals surface area contributed by atoms with Gasteiger partial charge in [0.15, 0.2) is 0 Å². The maximum atomic E-state index is 12.4. The highest BCUT2D eigenvalue weighted by Gasteiger charge is 2.19. The van der Waals surface area contributed by atoms with Crippen molar-refractivity contribution in [1.29, 1.82) is 0 Å². The van der Waals surface area contributed by atoms with Crippen molar-refractivity contribution >= 4 is 17.2 Å². The van der Waals surface area contributed by atoms with E-state index in [1.54, 1.807) is 6.92 Å². The average molecular weight is 338 g/mol. The summed E-state index contributed by atoms with van der Waals surface area (Å²) in [6, 6.07) is 7.50. The zero-order valence-corrected chi connectivity index (χ0v) is 13.3. The summed E-state index contributed by atoms with van der Waals surface area (Å²) in [5.41, 5.74) is 3.47. The molecule has 23 heavy (non-hydrogen) atoms. The SMILES string of the molecule is Cc1cc(OC(F)F)c(C(=O)NCc2ccc3c(c2)CNC3)s1. The van der Waals surface area contributed by atoms with Gasteiger partial charge in [-0.15, -0.1) is 11.3 Å². The van der Waals surface area contributed by atoms with E-state index in [9.17, 15) is 13.6 Å². The van der Waals surface area contributed by atoms with Gasteiger partial charge in [0.2, 0.25) is 0 Å². The molecule has 0 atom stereocenters. The molecule has 1 amide bonds. The third kappa shape index (κ3) is 3.68. The third-order valence-corrected chi connectivity index (χ3v) is 4.63. The maximum Gasteiger partial charge on any atom is 0.387 e. The van der Waals surface area contributed by atoms with E-state index in [4.69, 9.17) is 0 Å². The van der Waals surface area contributed by atoms with Crippen LogP contribution in [-0.4, -0.2) is 12.5 Å². The lowest BCUT2D eigenvalue weighted by Crippen LogP contribution is -2.22. The Bertz CT molecular complexity index is 731. The monoisotopic (exact) mass is 338 g/mol. The number of hydrogen-bond donors (Lipinski definition) is 2. The Morgan fingerprint density at radius 3 is 2.91 bits per heavy atom. The molecule has 0 saturated carbocycles. The third-order valence-electron chi connectivity index (χ3n) is 3.60. The number of thiophene rings is 1. The van der Waals surface area contributed by atoms with Crippen LogP contribution < -0.4 is 15.4 Å². The highest BCUT2D eigenvalue weighted by molar-refractivity contribution is 7.14. The molecule has 4 nitrogen and oxygen atoms in total. The molecule has 2 N–H and O–H groups in total. The van der Waals surface area contributed by atoms with Crippen LogP contribution in [0.5, 0.6) is 5.75 Å². The minimum absolute atomic E-state index is 0.0712. The number of fused-ring (bicyclic) bond motifs is 1. The fourth-order valence-corrected chi connectivity index (χ4v) is 3.41. The Kier molecular flexibility index (Phi) is 4.58. The van der Waals surface area contributed by atoms with Crippen molar-refractivity contribution in [3.05, 3.63) is 50.7 Å². The number of alkyl halides is 2. The second-order valence-corrected chi connectivity index (χ2v) is 6.57. The lowest BCUT2D eigenvalue weighted by Gasteiger charge is -2.08. The highest BCUT2D eigenvalue weighted by atomic mass is 32.1. The smallest absolute Gasteiger partial charge is 0.387 e. The van der Waals surface area contributed by atoms with Crippen LogP contribution in [0, 0.1) is 6.92 Å². The van der Waals surface area contributed by atoms with Gasteiger partial charge in [-0.05, 0) is 29.7 Å². The number of carbonyl (C=O) groups is 1. The summed E-state index contributed by atoms with van der Waals surface area (Å²) in [5, 5.41) is 6.02. The Morgan fingerprint density at radius 1 is 1.35 bits per heavy atom. The van der Waals surface area contributed by atoms with Gasteiger partial charge in [-0.2, -0.15) is 8.78 Å². The molecule has 0 fully saturated rings. The van der Waals surface area contributed by atoms with Crippen LogP contribution in [0.25, 0.3) is 0 Å². The van der Waals surface area contributed by atoms with E-state index in [1.165, 1.54) is 17.2 Å². The van der Waals surface area contributed by atoms with Crippen molar-refractivity contribution in [2.45, 2.75) is 33.2 Å². The molecule has 2 aromatic rings. The van der Waals surface area contributed by atoms with E-state index in [0.29, 0.717) is 6.54 Å². The molecule has 1 aliphatic heterocycles. The minimum atomic E-state index is -2.94. The molecule has 0 unspecified atom stereocenters. The van der Waals surface area contributed by atoms with Gasteiger partial charge in [-0.3, -0.25) is 4.79 Å². The Balaban J connectivity index is 1.68. The Hall–Kier alpha value is -1.99. The first-order valence-electron chi connectivity index (χ1n) is 7.18. The van der Waals surface area contributed by atoms with Crippen LogP contribution in [0.1, 0.15) is 31.2 Å². The molecular weight excluding hydrogens is 322 g/mol. The zero-order chi connectivity index (χ0) is 16.4. The first-order valence-corrected chi connectivity index (χ1v) is 7.99. The van der Waals surface area contributed by atoms with E-state index in [1.807, 2.05) is 18.2 Å². The van der Waals surface area contributed by atoms with Crippen molar-refractivity contribution in [2.24, 2.45) is 0 Å². The van der Waals surface area contributed by atoms with Crippen LogP contribution in [-0.2, 0) is 19.6 Å². The molecule has 1 aliphatic rings. The summed E-state index contributed by atoms with van der Waals surface area (Å²) < 4.78 is 29.2. The minimum Gasteiger partial charge on any atom is -0.433 e. The Labute approximate surface area is 136 Å². The predicted molar refractivity (Wildman–Crippen MR) is 83.8 cm³/mol. The fourth-order valence-electron chi connectivity index (χ4n) is 2.55. The number of amides is 1. The number of carbonyl (C=O) groups excluding carboxylic acids is 1. The predicted octanol–water partition coefficient (Wildman–Crippen LogP) is 3.19. The van der Waals surface area contributed by atoms with Crippen molar-refractivity contribution < 1.29 is 18.3 Å². The number of nitrogens with one attached hydrogen (secondary N) is 2. The first kappa shape index (κ1) is 15.9. The molecule has 0 aliphatic carbocycles. The van der Waals surface area contributed by atoms with Gasteiger partial charge >= 0.3 is 6.61 Å². The van der Waals surface area contributed by atoms with E-state index >= 15 is 0 Å². The standard InChI is InChI=1S/C16H16F2N2O2S/c1-9-4-13(22-16(17)18)14(23-9)15(21)20-6-10-2-3-11-7-19-8-12(11)5-10/h2-5,16,19H,6-8H2,1H3,(H,20,21). The van der Waals surface area contributed by atoms with Gasteiger partial charge in [-0.25, -0.2) is 0 Å². The average Bonchev–Trinajstić information content (AvgIpc) is 3.10. The second kappa shape index (κ2) is 6.64. The molecular formula is C16H16F2N2O2S. The summed E-state index contributed by atoms with van der Waals surface area (Å²) in [7, 11) is 0. The number of halogens is 2. The second-order valence-electron chi connectivity index (χ2n) is 5.32. The molecule has 3 rings (SSSR count). The molecule has 7 heteroatoms. The van der Waals surface area contributed by atoms with E-state index < -0.39 is 12.5 Å². The van der Waals surface area contributed by atoms with Gasteiger partial charge < -0.3 is 15.4 Å². The van der Waals surface area contributed by atoms with Crippen molar-refractivity contribution in [3.63, 3.8) is 0 Å². The molecule has 122 valence electrons. The summed E-state index contributed by atoms with van der Waals surface area (Å²) in [4.78, 5) is 13.1. The van der Waals surface area contributed by atoms with Crippen LogP contribution in [0.2, 0.25) is 0 Å². The van der Waals surface area contributed by atoms with Gasteiger partial charge in [0, 0.05) is 24.5 Å². The molecule has 0 saturated heterocycles. The largest absolute Gasteiger partial charge is 0.433 e. The lowest BCUT2D eigenvalue weighted by atomic mass is 10.1. The molecule has 0 bridgehead atoms. The number of benzene rings is 1. The quantitative estimate of drug-likeness (QED) is 0.880. The van der Waals surface area contributed by atoms with Crippen molar-refractivity contribution in [1.82, 2.24) is 10.6 Å². The summed E-state index contributed by atoms with van der Waals surface area (Å²) in [5.74, 6) is -0.476. The topological polar surface area (TPSA) is 50.4 Å². The van der Waals surface area contributed by atoms with Gasteiger partial charge in [0.1, 0.15) is 10.6 Å². The molecule has 2 heterocycles. The number of rotatable bonds is 5. The van der Waals surface area contributed by atoms with Crippen LogP contribution in [0.15, 0.2) is 24.3 Å². The van der Waals surface area contributed by atoms with Crippen LogP contribution in [0.3, 0.4) is 0 Å². The van der Waals surface area contributed by atoms with Crippen LogP contribution >= 0.6 is 11.3 Å². The Morgan fingerprint density at radius 2 is 2.13 bits per heavy atom. The van der Waals surface area contributed by atoms with Gasteiger partial charge in [0.05, 0.1) is 0 Å². The molecule has 0 spiro atoms. The maximum absolute atomic E-state index is 12.4. The van der Waals surface area contributed by atoms with E-state index in [2.05, 4.69) is 15.4 Å². The van der Waals surface area contributed by atoms with Crippen LogP contribution in [0.4, 0.5) is 8.78 Å². The summed E-state index contributed by atoms with van der Waals surface area (Å²) in [6.07, 6.45) is 0. The number of ether oxygens (including phenoxy) is 1. The van der Waals surface area contributed by atoms with Gasteiger partial charge in [0.25, 0.3) is 5.91 Å². The van der Waals surface area contributed by atoms with E-state index in [0.717, 1.165) is 34.9 Å². The lowest BCUT2D eigenvalue weighted by molar-refractivity contribution is -0.0498. The number of hydrogen-bond acceptors (Lipinski definition) is 4. The molecule has 1 aromatic carbocycles. The summed E-state index contributed by atoms with van der Waals surface area (Å²) >= 11 is 1.14. The van der Waals surface area contributed by atoms with Crippen molar-refractivity contribution in [2.75, 3.05) is 0 Å². The first-order chi connectivity index (χ1) is 11.0. The highest BCUT2D eigenvalue weighted by Crippen LogP contribution is 2.30. The van der Waals surface area contributed by atoms with Crippen molar-refractivity contribution in [3.8, 4) is 5.75 Å². The molecule has 0 radical (unpaired) electrons. The zero-order valence-electron chi connectivity index (χ0n) is 12.5. The fraction of sp³-hybridized carbons (Fsp3) is 0.312. The van der Waals surface area contributed by atoms with E-state index in [-0.39, 0.29) is 10.6 Å².